The Labute approximate surface area is 130 Å². The molecule has 0 spiro atoms. The highest BCUT2D eigenvalue weighted by Crippen LogP contribution is 2.36. The van der Waals surface area contributed by atoms with Crippen LogP contribution >= 0.6 is 0 Å². The minimum Gasteiger partial charge on any atom is -0.383 e. The summed E-state index contributed by atoms with van der Waals surface area (Å²) in [6, 6.07) is 0.346. The Balaban J connectivity index is 2.36. The lowest BCUT2D eigenvalue weighted by Gasteiger charge is -2.30. The van der Waals surface area contributed by atoms with Crippen LogP contribution in [0.3, 0.4) is 0 Å². The van der Waals surface area contributed by atoms with Crippen LogP contribution in [0, 0.1) is 11.3 Å². The molecule has 4 nitrogen and oxygen atoms in total. The Bertz CT molecular complexity index is 312. The number of carbonyl (C=O) groups is 1. The zero-order valence-corrected chi connectivity index (χ0v) is 14.5. The molecule has 1 rings (SSSR count). The molecule has 0 heterocycles. The van der Waals surface area contributed by atoms with Crippen LogP contribution in [-0.2, 0) is 9.53 Å². The maximum Gasteiger partial charge on any atom is 0.236 e. The van der Waals surface area contributed by atoms with E-state index in [1.165, 1.54) is 32.1 Å². The second-order valence-corrected chi connectivity index (χ2v) is 7.44. The molecule has 1 saturated carbocycles. The number of rotatable bonds is 6. The molecule has 2 N–H and O–H groups in total. The second-order valence-electron chi connectivity index (χ2n) is 7.44. The first-order valence-electron chi connectivity index (χ1n) is 8.37. The smallest absolute Gasteiger partial charge is 0.236 e. The van der Waals surface area contributed by atoms with Crippen molar-refractivity contribution in [2.24, 2.45) is 11.3 Å². The molecule has 0 aromatic heterocycles. The van der Waals surface area contributed by atoms with Crippen molar-refractivity contribution in [1.82, 2.24) is 10.6 Å². The third-order valence-corrected chi connectivity index (χ3v) is 4.68. The molecule has 0 bridgehead atoms. The van der Waals surface area contributed by atoms with Gasteiger partial charge in [0.2, 0.25) is 5.91 Å². The van der Waals surface area contributed by atoms with Gasteiger partial charge in [0.15, 0.2) is 0 Å². The third kappa shape index (κ3) is 6.79. The average molecular weight is 298 g/mol. The molecule has 1 aliphatic rings. The van der Waals surface area contributed by atoms with E-state index < -0.39 is 0 Å². The zero-order valence-electron chi connectivity index (χ0n) is 14.5. The fraction of sp³-hybridized carbons (Fsp3) is 0.941. The zero-order chi connectivity index (χ0) is 15.9. The molecule has 1 fully saturated rings. The van der Waals surface area contributed by atoms with Gasteiger partial charge in [0.1, 0.15) is 0 Å². The number of carbonyl (C=O) groups excluding carboxylic acids is 1. The number of nitrogens with one attached hydrogen (secondary N) is 2. The fourth-order valence-electron chi connectivity index (χ4n) is 3.19. The number of amides is 1. The van der Waals surface area contributed by atoms with Gasteiger partial charge in [-0.1, -0.05) is 27.2 Å². The van der Waals surface area contributed by atoms with Crippen LogP contribution in [0.1, 0.15) is 59.8 Å². The van der Waals surface area contributed by atoms with Crippen molar-refractivity contribution in [2.75, 3.05) is 20.3 Å². The van der Waals surface area contributed by atoms with Crippen LogP contribution in [0.25, 0.3) is 0 Å². The molecule has 124 valence electrons. The standard InChI is InChI=1S/C17H34N2O2/c1-13(16(20)18-11-12-21-5)19-15-8-6-7-14(9-10-15)17(2,3)4/h13-15,19H,6-12H2,1-5H3,(H,18,20). The van der Waals surface area contributed by atoms with E-state index >= 15 is 0 Å². The summed E-state index contributed by atoms with van der Waals surface area (Å²) in [5.41, 5.74) is 0.401. The average Bonchev–Trinajstić information content (AvgIpc) is 2.64. The van der Waals surface area contributed by atoms with Gasteiger partial charge in [-0.3, -0.25) is 4.79 Å². The highest BCUT2D eigenvalue weighted by molar-refractivity contribution is 5.81. The SMILES string of the molecule is COCCNC(=O)C(C)NC1CCCC(C(C)(C)C)CC1. The Morgan fingerprint density at radius 3 is 2.57 bits per heavy atom. The summed E-state index contributed by atoms with van der Waals surface area (Å²) in [5.74, 6) is 0.874. The maximum absolute atomic E-state index is 12.0. The Morgan fingerprint density at radius 2 is 1.95 bits per heavy atom. The second kappa shape index (κ2) is 8.74. The Morgan fingerprint density at radius 1 is 1.24 bits per heavy atom. The first kappa shape index (κ1) is 18.4. The van der Waals surface area contributed by atoms with E-state index in [1.807, 2.05) is 6.92 Å². The topological polar surface area (TPSA) is 50.4 Å². The van der Waals surface area contributed by atoms with E-state index in [9.17, 15) is 4.79 Å². The monoisotopic (exact) mass is 298 g/mol. The van der Waals surface area contributed by atoms with Crippen molar-refractivity contribution in [3.8, 4) is 0 Å². The van der Waals surface area contributed by atoms with Gasteiger partial charge in [-0.25, -0.2) is 0 Å². The molecule has 0 aliphatic heterocycles. The van der Waals surface area contributed by atoms with Gasteiger partial charge < -0.3 is 15.4 Å². The number of ether oxygens (including phenoxy) is 1. The molecule has 4 heteroatoms. The summed E-state index contributed by atoms with van der Waals surface area (Å²) >= 11 is 0. The Hall–Kier alpha value is -0.610. The minimum atomic E-state index is -0.127. The number of methoxy groups -OCH3 is 1. The Kier molecular flexibility index (Phi) is 7.67. The maximum atomic E-state index is 12.0. The van der Waals surface area contributed by atoms with Crippen molar-refractivity contribution in [3.05, 3.63) is 0 Å². The summed E-state index contributed by atoms with van der Waals surface area (Å²) < 4.78 is 4.95. The quantitative estimate of drug-likeness (QED) is 0.585. The predicted molar refractivity (Wildman–Crippen MR) is 87.3 cm³/mol. The molecule has 3 atom stereocenters. The molecule has 21 heavy (non-hydrogen) atoms. The summed E-state index contributed by atoms with van der Waals surface area (Å²) in [4.78, 5) is 12.0. The van der Waals surface area contributed by atoms with Crippen molar-refractivity contribution < 1.29 is 9.53 Å². The van der Waals surface area contributed by atoms with Crippen LogP contribution in [0.2, 0.25) is 0 Å². The van der Waals surface area contributed by atoms with E-state index in [-0.39, 0.29) is 11.9 Å². The summed E-state index contributed by atoms with van der Waals surface area (Å²) in [6.45, 7) is 10.1. The molecule has 0 radical (unpaired) electrons. The van der Waals surface area contributed by atoms with E-state index in [2.05, 4.69) is 31.4 Å². The van der Waals surface area contributed by atoms with E-state index in [0.29, 0.717) is 24.6 Å². The summed E-state index contributed by atoms with van der Waals surface area (Å²) in [7, 11) is 1.64. The molecule has 3 unspecified atom stereocenters. The summed E-state index contributed by atoms with van der Waals surface area (Å²) in [5, 5.41) is 6.40. The minimum absolute atomic E-state index is 0.0728. The molecule has 0 saturated heterocycles. The van der Waals surface area contributed by atoms with Crippen molar-refractivity contribution in [3.63, 3.8) is 0 Å². The molecular weight excluding hydrogens is 264 g/mol. The van der Waals surface area contributed by atoms with E-state index in [1.54, 1.807) is 7.11 Å². The van der Waals surface area contributed by atoms with Gasteiger partial charge >= 0.3 is 0 Å². The van der Waals surface area contributed by atoms with Gasteiger partial charge in [0.05, 0.1) is 12.6 Å². The highest BCUT2D eigenvalue weighted by atomic mass is 16.5. The van der Waals surface area contributed by atoms with Crippen molar-refractivity contribution in [2.45, 2.75) is 71.9 Å². The van der Waals surface area contributed by atoms with Crippen molar-refractivity contribution in [1.29, 1.82) is 0 Å². The van der Waals surface area contributed by atoms with Gasteiger partial charge in [-0.05, 0) is 43.9 Å². The van der Waals surface area contributed by atoms with E-state index in [4.69, 9.17) is 4.74 Å². The summed E-state index contributed by atoms with van der Waals surface area (Å²) in [6.07, 6.45) is 6.20. The third-order valence-electron chi connectivity index (χ3n) is 4.68. The van der Waals surface area contributed by atoms with Crippen LogP contribution in [0.15, 0.2) is 0 Å². The largest absolute Gasteiger partial charge is 0.383 e. The highest BCUT2D eigenvalue weighted by Gasteiger charge is 2.28. The lowest BCUT2D eigenvalue weighted by molar-refractivity contribution is -0.123. The normalized spacial score (nSPS) is 25.2. The van der Waals surface area contributed by atoms with Gasteiger partial charge in [-0.2, -0.15) is 0 Å². The van der Waals surface area contributed by atoms with Crippen LogP contribution in [0.4, 0.5) is 0 Å². The lowest BCUT2D eigenvalue weighted by atomic mass is 9.76. The van der Waals surface area contributed by atoms with Crippen LogP contribution in [0.5, 0.6) is 0 Å². The predicted octanol–water partition coefficient (Wildman–Crippen LogP) is 2.72. The van der Waals surface area contributed by atoms with Gasteiger partial charge in [0.25, 0.3) is 0 Å². The molecule has 1 amide bonds. The van der Waals surface area contributed by atoms with Crippen LogP contribution in [-0.4, -0.2) is 38.3 Å². The molecule has 0 aromatic rings. The first-order chi connectivity index (χ1) is 9.84. The number of hydrogen-bond donors (Lipinski definition) is 2. The van der Waals surface area contributed by atoms with Crippen molar-refractivity contribution >= 4 is 5.91 Å². The van der Waals surface area contributed by atoms with Gasteiger partial charge in [-0.15, -0.1) is 0 Å². The lowest BCUT2D eigenvalue weighted by Crippen LogP contribution is -2.47. The van der Waals surface area contributed by atoms with E-state index in [0.717, 1.165) is 5.92 Å². The molecule has 1 aliphatic carbocycles. The number of hydrogen-bond acceptors (Lipinski definition) is 3. The first-order valence-corrected chi connectivity index (χ1v) is 8.37. The molecule has 0 aromatic carbocycles. The van der Waals surface area contributed by atoms with Crippen LogP contribution < -0.4 is 10.6 Å². The fourth-order valence-corrected chi connectivity index (χ4v) is 3.19. The van der Waals surface area contributed by atoms with Gasteiger partial charge in [0, 0.05) is 19.7 Å². The molecular formula is C17H34N2O2.